The predicted molar refractivity (Wildman–Crippen MR) is 91.9 cm³/mol. The van der Waals surface area contributed by atoms with Crippen LogP contribution < -0.4 is 10.2 Å². The van der Waals surface area contributed by atoms with E-state index in [-0.39, 0.29) is 0 Å². The van der Waals surface area contributed by atoms with Gasteiger partial charge in [-0.15, -0.1) is 0 Å². The third kappa shape index (κ3) is 4.38. The molecule has 1 saturated heterocycles. The Hall–Kier alpha value is -0.710. The van der Waals surface area contributed by atoms with Crippen LogP contribution in [0.2, 0.25) is 10.0 Å². The fourth-order valence-corrected chi connectivity index (χ4v) is 3.31. The maximum Gasteiger partial charge on any atom is 0.149 e. The number of hydrogen-bond donors (Lipinski definition) is 1. The van der Waals surface area contributed by atoms with E-state index in [1.165, 1.54) is 13.0 Å². The molecule has 1 aromatic heterocycles. The van der Waals surface area contributed by atoms with Gasteiger partial charge < -0.3 is 15.1 Å². The summed E-state index contributed by atoms with van der Waals surface area (Å²) in [4.78, 5) is 9.11. The first-order chi connectivity index (χ1) is 10.0. The van der Waals surface area contributed by atoms with Crippen LogP contribution in [0.15, 0.2) is 6.07 Å². The SMILES string of the molecule is CCCNc1nc(N(C)CC2CCN(C)C2)c(Cl)cc1Cl. The molecule has 2 heterocycles. The van der Waals surface area contributed by atoms with Gasteiger partial charge in [-0.1, -0.05) is 30.1 Å². The van der Waals surface area contributed by atoms with Crippen molar-refractivity contribution in [3.05, 3.63) is 16.1 Å². The van der Waals surface area contributed by atoms with Gasteiger partial charge >= 0.3 is 0 Å². The van der Waals surface area contributed by atoms with E-state index in [4.69, 9.17) is 23.2 Å². The smallest absolute Gasteiger partial charge is 0.149 e. The molecule has 1 aliphatic rings. The molecule has 1 aromatic rings. The molecule has 21 heavy (non-hydrogen) atoms. The van der Waals surface area contributed by atoms with Gasteiger partial charge in [-0.2, -0.15) is 0 Å². The molecule has 1 aliphatic heterocycles. The third-order valence-corrected chi connectivity index (χ3v) is 4.40. The number of nitrogens with zero attached hydrogens (tertiary/aromatic N) is 3. The maximum atomic E-state index is 6.32. The van der Waals surface area contributed by atoms with E-state index >= 15 is 0 Å². The monoisotopic (exact) mass is 330 g/mol. The maximum absolute atomic E-state index is 6.32. The average Bonchev–Trinajstić information content (AvgIpc) is 2.83. The molecule has 0 aliphatic carbocycles. The lowest BCUT2D eigenvalue weighted by Gasteiger charge is -2.24. The molecule has 0 bridgehead atoms. The number of anilines is 2. The Morgan fingerprint density at radius 1 is 1.43 bits per heavy atom. The van der Waals surface area contributed by atoms with E-state index in [0.717, 1.165) is 31.9 Å². The zero-order valence-corrected chi connectivity index (χ0v) is 14.5. The molecule has 0 radical (unpaired) electrons. The Kier molecular flexibility index (Phi) is 5.97. The number of aromatic nitrogens is 1. The van der Waals surface area contributed by atoms with Crippen molar-refractivity contribution in [1.29, 1.82) is 0 Å². The van der Waals surface area contributed by atoms with Gasteiger partial charge in [0.25, 0.3) is 0 Å². The lowest BCUT2D eigenvalue weighted by Crippen LogP contribution is -2.28. The van der Waals surface area contributed by atoms with Crippen LogP contribution >= 0.6 is 23.2 Å². The number of nitrogens with one attached hydrogen (secondary N) is 1. The van der Waals surface area contributed by atoms with Crippen molar-refractivity contribution in [2.75, 3.05) is 50.5 Å². The van der Waals surface area contributed by atoms with Gasteiger partial charge in [0.05, 0.1) is 10.0 Å². The normalized spacial score (nSPS) is 19.0. The topological polar surface area (TPSA) is 31.4 Å². The van der Waals surface area contributed by atoms with E-state index in [0.29, 0.717) is 21.8 Å². The van der Waals surface area contributed by atoms with Crippen molar-refractivity contribution in [3.8, 4) is 0 Å². The van der Waals surface area contributed by atoms with Crippen LogP contribution in [0.1, 0.15) is 19.8 Å². The number of pyridine rings is 1. The molecular formula is C15H24Cl2N4. The van der Waals surface area contributed by atoms with E-state index in [1.807, 2.05) is 7.05 Å². The molecule has 0 amide bonds. The van der Waals surface area contributed by atoms with E-state index in [2.05, 4.69) is 34.1 Å². The standard InChI is InChI=1S/C15H24Cl2N4/c1-4-6-18-14-12(16)8-13(17)15(19-14)21(3)10-11-5-7-20(2)9-11/h8,11H,4-7,9-10H2,1-3H3,(H,18,19). The number of likely N-dealkylation sites (tertiary alicyclic amines) is 1. The van der Waals surface area contributed by atoms with E-state index in [1.54, 1.807) is 6.07 Å². The van der Waals surface area contributed by atoms with Gasteiger partial charge in [-0.05, 0) is 38.4 Å². The predicted octanol–water partition coefficient (Wildman–Crippen LogP) is 3.60. The first-order valence-corrected chi connectivity index (χ1v) is 8.26. The van der Waals surface area contributed by atoms with Crippen molar-refractivity contribution >= 4 is 34.8 Å². The van der Waals surface area contributed by atoms with E-state index < -0.39 is 0 Å². The molecule has 4 nitrogen and oxygen atoms in total. The Morgan fingerprint density at radius 2 is 2.19 bits per heavy atom. The lowest BCUT2D eigenvalue weighted by molar-refractivity contribution is 0.395. The Balaban J connectivity index is 2.09. The molecule has 1 atom stereocenters. The molecule has 2 rings (SSSR count). The summed E-state index contributed by atoms with van der Waals surface area (Å²) in [6.45, 7) is 6.23. The second kappa shape index (κ2) is 7.52. The molecule has 118 valence electrons. The Morgan fingerprint density at radius 3 is 2.81 bits per heavy atom. The number of hydrogen-bond acceptors (Lipinski definition) is 4. The Labute approximate surface area is 137 Å². The third-order valence-electron chi connectivity index (χ3n) is 3.84. The summed E-state index contributed by atoms with van der Waals surface area (Å²) in [5.41, 5.74) is 0. The molecule has 1 unspecified atom stereocenters. The first-order valence-electron chi connectivity index (χ1n) is 7.50. The van der Waals surface area contributed by atoms with Crippen LogP contribution in [-0.2, 0) is 0 Å². The highest BCUT2D eigenvalue weighted by Gasteiger charge is 2.22. The van der Waals surface area contributed by atoms with Gasteiger partial charge in [0, 0.05) is 26.7 Å². The zero-order valence-electron chi connectivity index (χ0n) is 13.0. The summed E-state index contributed by atoms with van der Waals surface area (Å²) >= 11 is 12.5. The minimum Gasteiger partial charge on any atom is -0.369 e. The van der Waals surface area contributed by atoms with Gasteiger partial charge in [-0.25, -0.2) is 4.98 Å². The summed E-state index contributed by atoms with van der Waals surface area (Å²) in [5, 5.41) is 4.43. The second-order valence-electron chi connectivity index (χ2n) is 5.85. The van der Waals surface area contributed by atoms with Crippen LogP contribution in [-0.4, -0.2) is 50.2 Å². The molecule has 0 aromatic carbocycles. The summed E-state index contributed by atoms with van der Waals surface area (Å²) in [6, 6.07) is 1.78. The molecule has 6 heteroatoms. The fourth-order valence-electron chi connectivity index (χ4n) is 2.74. The highest BCUT2D eigenvalue weighted by atomic mass is 35.5. The lowest BCUT2D eigenvalue weighted by atomic mass is 10.1. The van der Waals surface area contributed by atoms with Gasteiger partial charge in [0.15, 0.2) is 0 Å². The minimum absolute atomic E-state index is 0.575. The summed E-state index contributed by atoms with van der Waals surface area (Å²) in [5.74, 6) is 2.18. The van der Waals surface area contributed by atoms with E-state index in [9.17, 15) is 0 Å². The zero-order chi connectivity index (χ0) is 15.4. The summed E-state index contributed by atoms with van der Waals surface area (Å²) < 4.78 is 0. The van der Waals surface area contributed by atoms with Gasteiger partial charge in [0.1, 0.15) is 11.6 Å². The van der Waals surface area contributed by atoms with Gasteiger partial charge in [0.2, 0.25) is 0 Å². The number of halogens is 2. The second-order valence-corrected chi connectivity index (χ2v) is 6.66. The molecule has 1 N–H and O–H groups in total. The van der Waals surface area contributed by atoms with Crippen molar-refractivity contribution in [2.24, 2.45) is 5.92 Å². The number of rotatable bonds is 6. The summed E-state index contributed by atoms with van der Waals surface area (Å²) in [6.07, 6.45) is 2.26. The van der Waals surface area contributed by atoms with Crippen LogP contribution in [0, 0.1) is 5.92 Å². The van der Waals surface area contributed by atoms with Crippen molar-refractivity contribution in [3.63, 3.8) is 0 Å². The minimum atomic E-state index is 0.575. The van der Waals surface area contributed by atoms with Crippen molar-refractivity contribution in [2.45, 2.75) is 19.8 Å². The fraction of sp³-hybridized carbons (Fsp3) is 0.667. The molecular weight excluding hydrogens is 307 g/mol. The average molecular weight is 331 g/mol. The quantitative estimate of drug-likeness (QED) is 0.863. The molecule has 1 fully saturated rings. The van der Waals surface area contributed by atoms with Crippen LogP contribution in [0.5, 0.6) is 0 Å². The molecule has 0 saturated carbocycles. The molecule has 0 spiro atoms. The highest BCUT2D eigenvalue weighted by molar-refractivity contribution is 6.37. The van der Waals surface area contributed by atoms with Crippen molar-refractivity contribution in [1.82, 2.24) is 9.88 Å². The van der Waals surface area contributed by atoms with Gasteiger partial charge in [-0.3, -0.25) is 0 Å². The van der Waals surface area contributed by atoms with Crippen LogP contribution in [0.4, 0.5) is 11.6 Å². The summed E-state index contributed by atoms with van der Waals surface area (Å²) in [7, 11) is 4.21. The van der Waals surface area contributed by atoms with Crippen LogP contribution in [0.25, 0.3) is 0 Å². The van der Waals surface area contributed by atoms with Crippen molar-refractivity contribution < 1.29 is 0 Å². The highest BCUT2D eigenvalue weighted by Crippen LogP contribution is 2.31. The Bertz CT molecular complexity index is 481. The first kappa shape index (κ1) is 16.7. The largest absolute Gasteiger partial charge is 0.369 e. The van der Waals surface area contributed by atoms with Crippen LogP contribution in [0.3, 0.4) is 0 Å².